The fourth-order valence-corrected chi connectivity index (χ4v) is 2.29. The molecule has 0 rings (SSSR count). The molecule has 0 spiro atoms. The summed E-state index contributed by atoms with van der Waals surface area (Å²) in [6.07, 6.45) is 13.3. The molecule has 0 heterocycles. The fraction of sp³-hybridized carbons (Fsp3) is 0.944. The van der Waals surface area contributed by atoms with E-state index in [1.165, 1.54) is 57.8 Å². The van der Waals surface area contributed by atoms with Gasteiger partial charge in [0.15, 0.2) is 0 Å². The van der Waals surface area contributed by atoms with Gasteiger partial charge in [0.25, 0.3) is 0 Å². The van der Waals surface area contributed by atoms with Gasteiger partial charge in [-0.3, -0.25) is 0 Å². The Morgan fingerprint density at radius 1 is 0.652 bits per heavy atom. The zero-order valence-corrected chi connectivity index (χ0v) is 14.9. The molecule has 1 N–H and O–H groups in total. The van der Waals surface area contributed by atoms with E-state index in [-0.39, 0.29) is 6.61 Å². The molecule has 138 valence electrons. The lowest BCUT2D eigenvalue weighted by Gasteiger charge is -2.06. The first-order valence-electron chi connectivity index (χ1n) is 9.22. The van der Waals surface area contributed by atoms with Crippen molar-refractivity contribution in [1.29, 1.82) is 0 Å². The van der Waals surface area contributed by atoms with Crippen molar-refractivity contribution in [3.63, 3.8) is 0 Å². The van der Waals surface area contributed by atoms with Crippen LogP contribution in [0.15, 0.2) is 0 Å². The number of hydrogen-bond acceptors (Lipinski definition) is 4. The second-order valence-corrected chi connectivity index (χ2v) is 5.85. The van der Waals surface area contributed by atoms with Gasteiger partial charge in [0.05, 0.1) is 26.4 Å². The van der Waals surface area contributed by atoms with Gasteiger partial charge in [-0.2, -0.15) is 0 Å². The van der Waals surface area contributed by atoms with Crippen LogP contribution in [0.4, 0.5) is 0 Å². The highest BCUT2D eigenvalue weighted by molar-refractivity contribution is 5.67. The van der Waals surface area contributed by atoms with Crippen molar-refractivity contribution in [1.82, 2.24) is 0 Å². The van der Waals surface area contributed by atoms with E-state index >= 15 is 0 Å². The molecule has 0 saturated heterocycles. The summed E-state index contributed by atoms with van der Waals surface area (Å²) < 4.78 is 15.6. The number of hydrogen-bond donors (Lipinski definition) is 1. The Morgan fingerprint density at radius 2 is 1.09 bits per heavy atom. The van der Waals surface area contributed by atoms with E-state index in [0.29, 0.717) is 26.4 Å². The maximum absolute atomic E-state index is 10.2. The maximum Gasteiger partial charge on any atom is 0.329 e. The third-order valence-electron chi connectivity index (χ3n) is 3.61. The Labute approximate surface area is 141 Å². The third kappa shape index (κ3) is 21.4. The van der Waals surface area contributed by atoms with Crippen molar-refractivity contribution in [2.45, 2.75) is 71.1 Å². The molecule has 0 aromatic carbocycles. The van der Waals surface area contributed by atoms with Crippen LogP contribution in [-0.4, -0.2) is 50.7 Å². The summed E-state index contributed by atoms with van der Waals surface area (Å²) >= 11 is 0. The molecule has 0 aliphatic heterocycles. The highest BCUT2D eigenvalue weighted by Gasteiger charge is 1.96. The van der Waals surface area contributed by atoms with Crippen molar-refractivity contribution in [2.75, 3.05) is 39.6 Å². The van der Waals surface area contributed by atoms with Gasteiger partial charge in [-0.1, -0.05) is 64.7 Å². The van der Waals surface area contributed by atoms with Gasteiger partial charge in [-0.25, -0.2) is 4.79 Å². The normalized spacial score (nSPS) is 11.0. The molecule has 0 amide bonds. The van der Waals surface area contributed by atoms with Crippen LogP contribution in [0.25, 0.3) is 0 Å². The minimum absolute atomic E-state index is 0.265. The molecule has 0 fully saturated rings. The number of carbonyl (C=O) groups is 1. The zero-order valence-electron chi connectivity index (χ0n) is 14.9. The number of aliphatic carboxylic acids is 1. The molecular formula is C18H36O5. The second-order valence-electron chi connectivity index (χ2n) is 5.85. The van der Waals surface area contributed by atoms with Crippen LogP contribution >= 0.6 is 0 Å². The zero-order chi connectivity index (χ0) is 17.0. The van der Waals surface area contributed by atoms with Crippen molar-refractivity contribution in [2.24, 2.45) is 0 Å². The maximum atomic E-state index is 10.2. The quantitative estimate of drug-likeness (QED) is 0.362. The van der Waals surface area contributed by atoms with Crippen LogP contribution < -0.4 is 0 Å². The van der Waals surface area contributed by atoms with Crippen LogP contribution in [0.5, 0.6) is 0 Å². The Kier molecular flexibility index (Phi) is 18.8. The van der Waals surface area contributed by atoms with Gasteiger partial charge < -0.3 is 19.3 Å². The number of carboxylic acid groups (broad SMARTS) is 1. The summed E-state index contributed by atoms with van der Waals surface area (Å²) in [7, 11) is 0. The molecule has 0 unspecified atom stereocenters. The van der Waals surface area contributed by atoms with E-state index in [1.54, 1.807) is 0 Å². The van der Waals surface area contributed by atoms with Crippen LogP contribution in [0.1, 0.15) is 71.1 Å². The Hall–Kier alpha value is -0.650. The van der Waals surface area contributed by atoms with E-state index in [9.17, 15) is 4.79 Å². The molecule has 0 bridgehead atoms. The predicted molar refractivity (Wildman–Crippen MR) is 91.9 cm³/mol. The third-order valence-corrected chi connectivity index (χ3v) is 3.61. The SMILES string of the molecule is CCCCCCCCCCCCOCCOCCOCC(=O)O. The molecule has 0 aromatic heterocycles. The standard InChI is InChI=1S/C18H36O5/c1-2-3-4-5-6-7-8-9-10-11-12-21-13-14-22-15-16-23-17-18(19)20/h2-17H2,1H3,(H,19,20). The number of unbranched alkanes of at least 4 members (excludes halogenated alkanes) is 9. The molecular weight excluding hydrogens is 296 g/mol. The Balaban J connectivity index is 2.96. The van der Waals surface area contributed by atoms with Crippen LogP contribution in [-0.2, 0) is 19.0 Å². The van der Waals surface area contributed by atoms with Crippen LogP contribution in [0.3, 0.4) is 0 Å². The topological polar surface area (TPSA) is 65.0 Å². The molecule has 0 aliphatic carbocycles. The van der Waals surface area contributed by atoms with Gasteiger partial charge in [0.2, 0.25) is 0 Å². The molecule has 0 aliphatic rings. The second kappa shape index (κ2) is 19.4. The highest BCUT2D eigenvalue weighted by Crippen LogP contribution is 2.10. The minimum Gasteiger partial charge on any atom is -0.480 e. The first kappa shape index (κ1) is 22.4. The first-order chi connectivity index (χ1) is 11.3. The molecule has 0 radical (unpaired) electrons. The van der Waals surface area contributed by atoms with Crippen LogP contribution in [0, 0.1) is 0 Å². The lowest BCUT2D eigenvalue weighted by molar-refractivity contribution is -0.142. The molecule has 5 heteroatoms. The number of carboxylic acids is 1. The van der Waals surface area contributed by atoms with Crippen molar-refractivity contribution >= 4 is 5.97 Å². The summed E-state index contributed by atoms with van der Waals surface area (Å²) in [5.41, 5.74) is 0. The van der Waals surface area contributed by atoms with Crippen molar-refractivity contribution in [3.8, 4) is 0 Å². The van der Waals surface area contributed by atoms with E-state index in [0.717, 1.165) is 13.0 Å². The van der Waals surface area contributed by atoms with E-state index in [2.05, 4.69) is 6.92 Å². The van der Waals surface area contributed by atoms with E-state index in [4.69, 9.17) is 19.3 Å². The monoisotopic (exact) mass is 332 g/mol. The summed E-state index contributed by atoms with van der Waals surface area (Å²) in [6.45, 7) is 4.64. The minimum atomic E-state index is -0.954. The first-order valence-corrected chi connectivity index (χ1v) is 9.22. The Morgan fingerprint density at radius 3 is 1.61 bits per heavy atom. The van der Waals surface area contributed by atoms with Crippen LogP contribution in [0.2, 0.25) is 0 Å². The van der Waals surface area contributed by atoms with Crippen molar-refractivity contribution < 1.29 is 24.1 Å². The number of ether oxygens (including phenoxy) is 3. The molecule has 5 nitrogen and oxygen atoms in total. The highest BCUT2D eigenvalue weighted by atomic mass is 16.5. The van der Waals surface area contributed by atoms with Gasteiger partial charge in [0, 0.05) is 6.61 Å². The molecule has 0 saturated carbocycles. The lowest BCUT2D eigenvalue weighted by atomic mass is 10.1. The molecule has 0 aromatic rings. The van der Waals surface area contributed by atoms with E-state index < -0.39 is 5.97 Å². The summed E-state index contributed by atoms with van der Waals surface area (Å²) in [6, 6.07) is 0. The lowest BCUT2D eigenvalue weighted by Crippen LogP contribution is -2.13. The van der Waals surface area contributed by atoms with Gasteiger partial charge in [-0.15, -0.1) is 0 Å². The van der Waals surface area contributed by atoms with Gasteiger partial charge in [-0.05, 0) is 6.42 Å². The smallest absolute Gasteiger partial charge is 0.329 e. The average Bonchev–Trinajstić information content (AvgIpc) is 2.53. The largest absolute Gasteiger partial charge is 0.480 e. The summed E-state index contributed by atoms with van der Waals surface area (Å²) in [5, 5.41) is 8.36. The van der Waals surface area contributed by atoms with Crippen molar-refractivity contribution in [3.05, 3.63) is 0 Å². The van der Waals surface area contributed by atoms with Gasteiger partial charge in [0.1, 0.15) is 6.61 Å². The van der Waals surface area contributed by atoms with E-state index in [1.807, 2.05) is 0 Å². The Bertz CT molecular complexity index is 246. The van der Waals surface area contributed by atoms with Gasteiger partial charge >= 0.3 is 5.97 Å². The predicted octanol–water partition coefficient (Wildman–Crippen LogP) is 4.04. The summed E-state index contributed by atoms with van der Waals surface area (Å²) in [4.78, 5) is 10.2. The fourth-order valence-electron chi connectivity index (χ4n) is 2.29. The summed E-state index contributed by atoms with van der Waals surface area (Å²) in [5.74, 6) is -0.954. The average molecular weight is 332 g/mol. The number of rotatable bonds is 19. The molecule has 0 atom stereocenters. The molecule has 23 heavy (non-hydrogen) atoms.